The van der Waals surface area contributed by atoms with Crippen LogP contribution < -0.4 is 20.7 Å². The third-order valence-corrected chi connectivity index (χ3v) is 11.0. The number of alkyl carbamates (subject to hydrolysis) is 1. The molecule has 3 heterocycles. The first-order valence-electron chi connectivity index (χ1n) is 21.0. The van der Waals surface area contributed by atoms with Crippen LogP contribution >= 0.6 is 11.8 Å². The topological polar surface area (TPSA) is 231 Å². The first-order chi connectivity index (χ1) is 30.3. The van der Waals surface area contributed by atoms with Crippen LogP contribution in [0.3, 0.4) is 0 Å². The molecule has 11 atom stereocenters. The Hall–Kier alpha value is -4.99. The molecule has 3 aliphatic rings. The van der Waals surface area contributed by atoms with E-state index in [0.29, 0.717) is 12.2 Å². The van der Waals surface area contributed by atoms with Crippen molar-refractivity contribution in [2.24, 2.45) is 5.92 Å². The van der Waals surface area contributed by atoms with Crippen molar-refractivity contribution < 1.29 is 76.1 Å². The fourth-order valence-corrected chi connectivity index (χ4v) is 8.21. The number of ether oxygens (including phenoxy) is 10. The normalized spacial score (nSPS) is 27.8. The van der Waals surface area contributed by atoms with Crippen molar-refractivity contribution >= 4 is 47.6 Å². The number of nitrogens with one attached hydrogen (secondary N) is 3. The number of hydrogen-bond acceptors (Lipinski definition) is 17. The van der Waals surface area contributed by atoms with Crippen LogP contribution in [0.25, 0.3) is 0 Å². The van der Waals surface area contributed by atoms with E-state index >= 15 is 0 Å². The Balaban J connectivity index is 1.54. The fraction of sp³-hybridized carbons (Fsp3) is 0.591. The van der Waals surface area contributed by atoms with Crippen molar-refractivity contribution in [1.29, 1.82) is 0 Å². The molecule has 2 aromatic carbocycles. The summed E-state index contributed by atoms with van der Waals surface area (Å²) in [4.78, 5) is 78.9. The van der Waals surface area contributed by atoms with E-state index in [-0.39, 0.29) is 19.8 Å². The maximum atomic E-state index is 15.0. The zero-order chi connectivity index (χ0) is 46.7. The lowest BCUT2D eigenvalue weighted by molar-refractivity contribution is -0.312. The number of amides is 3. The van der Waals surface area contributed by atoms with Gasteiger partial charge in [-0.3, -0.25) is 24.0 Å². The molecule has 2 aromatic rings. The maximum Gasteiger partial charge on any atom is 0.407 e. The molecule has 0 aromatic heterocycles. The molecular formula is C44H59N3O16S. The summed E-state index contributed by atoms with van der Waals surface area (Å²) in [6.45, 7) is 12.1. The van der Waals surface area contributed by atoms with Gasteiger partial charge in [-0.2, -0.15) is 0 Å². The Morgan fingerprint density at radius 2 is 1.44 bits per heavy atom. The van der Waals surface area contributed by atoms with Crippen molar-refractivity contribution in [3.05, 3.63) is 60.2 Å². The smallest absolute Gasteiger partial charge is 0.407 e. The molecule has 5 rings (SSSR count). The molecule has 0 radical (unpaired) electrons. The van der Waals surface area contributed by atoms with Gasteiger partial charge in [0.1, 0.15) is 35.1 Å². The molecule has 3 aliphatic heterocycles. The number of benzene rings is 2. The monoisotopic (exact) mass is 917 g/mol. The molecule has 3 fully saturated rings. The molecule has 3 amide bonds. The van der Waals surface area contributed by atoms with Gasteiger partial charge >= 0.3 is 24.0 Å². The second kappa shape index (κ2) is 22.8. The van der Waals surface area contributed by atoms with Crippen LogP contribution in [0.5, 0.6) is 5.75 Å². The quantitative estimate of drug-likeness (QED) is 0.124. The summed E-state index contributed by atoms with van der Waals surface area (Å²) < 4.78 is 59.8. The highest BCUT2D eigenvalue weighted by molar-refractivity contribution is 7.99. The van der Waals surface area contributed by atoms with Crippen LogP contribution in [0.15, 0.2) is 59.5 Å². The Kier molecular flexibility index (Phi) is 17.8. The van der Waals surface area contributed by atoms with Crippen LogP contribution in [-0.2, 0) is 66.6 Å². The molecule has 5 unspecified atom stereocenters. The van der Waals surface area contributed by atoms with Gasteiger partial charge in [0.15, 0.2) is 36.9 Å². The highest BCUT2D eigenvalue weighted by Gasteiger charge is 2.57. The number of rotatable bonds is 16. The van der Waals surface area contributed by atoms with E-state index in [2.05, 4.69) is 16.0 Å². The minimum Gasteiger partial charge on any atom is -0.497 e. The predicted molar refractivity (Wildman–Crippen MR) is 226 cm³/mol. The van der Waals surface area contributed by atoms with Gasteiger partial charge in [-0.15, -0.1) is 0 Å². The molecule has 352 valence electrons. The SMILES string of the molecule is COc1ccc(S[C@@H]2OC3COC(c4ccccc4)O[C@@H]3[C@H](OCCCNC(=O)OC(C)(C)C)C2NC(=O)C2O[C@@H](NC(=O)C(C)C)C(OC(C)=O)[C@@H](OC(C)=O)[C@H]2OC(C)=O)cc1. The van der Waals surface area contributed by atoms with Gasteiger partial charge in [0.2, 0.25) is 5.91 Å². The summed E-state index contributed by atoms with van der Waals surface area (Å²) in [6.07, 6.45) is -11.9. The van der Waals surface area contributed by atoms with Crippen LogP contribution in [0.4, 0.5) is 4.79 Å². The van der Waals surface area contributed by atoms with E-state index < -0.39 is 114 Å². The van der Waals surface area contributed by atoms with Crippen molar-refractivity contribution in [1.82, 2.24) is 16.0 Å². The van der Waals surface area contributed by atoms with E-state index in [1.807, 2.05) is 42.5 Å². The maximum absolute atomic E-state index is 15.0. The van der Waals surface area contributed by atoms with E-state index in [1.54, 1.807) is 53.9 Å². The lowest BCUT2D eigenvalue weighted by Gasteiger charge is -2.50. The summed E-state index contributed by atoms with van der Waals surface area (Å²) in [5.74, 6) is -4.00. The Labute approximate surface area is 376 Å². The number of carbonyl (C=O) groups excluding carboxylic acids is 6. The minimum atomic E-state index is -1.78. The van der Waals surface area contributed by atoms with Crippen LogP contribution in [0.1, 0.15) is 73.7 Å². The van der Waals surface area contributed by atoms with Gasteiger partial charge in [-0.1, -0.05) is 55.9 Å². The average molecular weight is 918 g/mol. The van der Waals surface area contributed by atoms with Crippen molar-refractivity contribution in [2.75, 3.05) is 26.9 Å². The first kappa shape index (κ1) is 50.0. The van der Waals surface area contributed by atoms with Crippen molar-refractivity contribution in [3.63, 3.8) is 0 Å². The molecule has 3 saturated heterocycles. The highest BCUT2D eigenvalue weighted by Crippen LogP contribution is 2.41. The molecule has 0 saturated carbocycles. The Morgan fingerprint density at radius 3 is 2.05 bits per heavy atom. The highest BCUT2D eigenvalue weighted by atomic mass is 32.2. The van der Waals surface area contributed by atoms with Crippen LogP contribution in [-0.4, -0.2) is 129 Å². The third-order valence-electron chi connectivity index (χ3n) is 9.84. The lowest BCUT2D eigenvalue weighted by Crippen LogP contribution is -2.71. The standard InChI is InChI=1S/C44H59N3O16S/c1-23(2)38(51)47-40-37(59-26(5)50)35(58-25(4)49)34(57-24(3)48)36(61-40)39(52)46-31-33(55-21-13-20-45-43(53)63-44(6,7)8)32-30(22-56-41(62-32)27-14-11-10-12-15-27)60-42(31)64-29-18-16-28(54-9)17-19-29/h10-12,14-19,23,30-37,40-42H,13,20-22H2,1-9H3,(H,45,53)(H,46,52)(H,47,51)/t30?,31?,32-,33+,34+,35-,36?,37?,40+,41?,42-/m0/s1. The Bertz CT molecular complexity index is 1910. The first-order valence-corrected chi connectivity index (χ1v) is 21.9. The zero-order valence-corrected chi connectivity index (χ0v) is 38.2. The minimum absolute atomic E-state index is 0.0636. The van der Waals surface area contributed by atoms with E-state index in [0.717, 1.165) is 31.2 Å². The van der Waals surface area contributed by atoms with Crippen molar-refractivity contribution in [3.8, 4) is 5.75 Å². The molecular weight excluding hydrogens is 859 g/mol. The summed E-state index contributed by atoms with van der Waals surface area (Å²) in [5.41, 5.74) is -0.884. The Morgan fingerprint density at radius 1 is 0.797 bits per heavy atom. The van der Waals surface area contributed by atoms with Gasteiger partial charge in [0, 0.05) is 50.3 Å². The molecule has 0 aliphatic carbocycles. The average Bonchev–Trinajstić information content (AvgIpc) is 3.22. The van der Waals surface area contributed by atoms with Crippen LogP contribution in [0, 0.1) is 5.92 Å². The largest absolute Gasteiger partial charge is 0.497 e. The van der Waals surface area contributed by atoms with Gasteiger partial charge < -0.3 is 63.3 Å². The number of carbonyl (C=O) groups is 6. The number of esters is 3. The number of fused-ring (bicyclic) bond motifs is 1. The molecule has 64 heavy (non-hydrogen) atoms. The fourth-order valence-electron chi connectivity index (χ4n) is 7.08. The van der Waals surface area contributed by atoms with Gasteiger partial charge in [-0.25, -0.2) is 4.79 Å². The summed E-state index contributed by atoms with van der Waals surface area (Å²) in [7, 11) is 1.55. The second-order valence-electron chi connectivity index (χ2n) is 16.5. The van der Waals surface area contributed by atoms with E-state index in [1.165, 1.54) is 11.8 Å². The summed E-state index contributed by atoms with van der Waals surface area (Å²) in [6, 6.07) is 15.3. The van der Waals surface area contributed by atoms with Gasteiger partial charge in [-0.05, 0) is 51.5 Å². The van der Waals surface area contributed by atoms with E-state index in [9.17, 15) is 28.8 Å². The van der Waals surface area contributed by atoms with Gasteiger partial charge in [0.25, 0.3) is 5.91 Å². The number of methoxy groups -OCH3 is 1. The number of hydrogen-bond donors (Lipinski definition) is 3. The summed E-state index contributed by atoms with van der Waals surface area (Å²) >= 11 is 1.26. The molecule has 19 nitrogen and oxygen atoms in total. The predicted octanol–water partition coefficient (Wildman–Crippen LogP) is 3.70. The molecule has 3 N–H and O–H groups in total. The summed E-state index contributed by atoms with van der Waals surface area (Å²) in [5, 5.41) is 8.36. The molecule has 0 bridgehead atoms. The second-order valence-corrected chi connectivity index (χ2v) is 17.7. The molecule has 20 heteroatoms. The lowest BCUT2D eigenvalue weighted by atomic mass is 9.93. The van der Waals surface area contributed by atoms with Gasteiger partial charge in [0.05, 0.1) is 19.8 Å². The zero-order valence-electron chi connectivity index (χ0n) is 37.4. The van der Waals surface area contributed by atoms with E-state index in [4.69, 9.17) is 47.4 Å². The third kappa shape index (κ3) is 14.0. The molecule has 0 spiro atoms. The van der Waals surface area contributed by atoms with Crippen LogP contribution in [0.2, 0.25) is 0 Å². The number of thioether (sulfide) groups is 1. The van der Waals surface area contributed by atoms with Crippen molar-refractivity contribution in [2.45, 2.75) is 139 Å².